The zero-order valence-corrected chi connectivity index (χ0v) is 12.0. The number of hydrogen-bond donors (Lipinski definition) is 1. The highest BCUT2D eigenvalue weighted by Crippen LogP contribution is 2.24. The van der Waals surface area contributed by atoms with Crippen LogP contribution in [0, 0.1) is 12.8 Å². The Bertz CT molecular complexity index is 350. The number of aryl methyl sites for hydroxylation is 1. The van der Waals surface area contributed by atoms with E-state index in [4.69, 9.17) is 4.74 Å². The van der Waals surface area contributed by atoms with Gasteiger partial charge in [0.2, 0.25) is 5.13 Å². The molecule has 1 aromatic heterocycles. The molecule has 0 bridgehead atoms. The monoisotopic (exact) mass is 270 g/mol. The number of anilines is 1. The normalized spacial score (nSPS) is 17.3. The first-order chi connectivity index (χ1) is 8.79. The van der Waals surface area contributed by atoms with Crippen LogP contribution >= 0.6 is 11.5 Å². The van der Waals surface area contributed by atoms with Crippen molar-refractivity contribution in [3.8, 4) is 0 Å². The Balaban J connectivity index is 1.68. The summed E-state index contributed by atoms with van der Waals surface area (Å²) in [6, 6.07) is 0. The predicted molar refractivity (Wildman–Crippen MR) is 74.3 cm³/mol. The van der Waals surface area contributed by atoms with E-state index in [9.17, 15) is 0 Å². The molecule has 1 aromatic rings. The van der Waals surface area contributed by atoms with Crippen molar-refractivity contribution in [3.05, 3.63) is 5.82 Å². The maximum atomic E-state index is 5.02. The van der Waals surface area contributed by atoms with E-state index in [2.05, 4.69) is 19.6 Å². The first-order valence-corrected chi connectivity index (χ1v) is 7.32. The van der Waals surface area contributed by atoms with Gasteiger partial charge in [-0.05, 0) is 32.2 Å². The summed E-state index contributed by atoms with van der Waals surface area (Å²) in [4.78, 5) is 6.80. The van der Waals surface area contributed by atoms with Gasteiger partial charge in [-0.25, -0.2) is 4.98 Å². The molecular weight excluding hydrogens is 248 g/mol. The number of nitrogens with zero attached hydrogens (tertiary/aromatic N) is 3. The fourth-order valence-electron chi connectivity index (χ4n) is 2.22. The standard InChI is InChI=1S/C12H22N4OS/c1-10-14-12(18-15-10)16-6-3-11(4-7-16)9-13-5-8-17-2/h11,13H,3-9H2,1-2H3. The summed E-state index contributed by atoms with van der Waals surface area (Å²) in [5.74, 6) is 1.67. The lowest BCUT2D eigenvalue weighted by Gasteiger charge is -2.31. The molecular formula is C12H22N4OS. The van der Waals surface area contributed by atoms with E-state index in [1.165, 1.54) is 24.4 Å². The van der Waals surface area contributed by atoms with Crippen molar-refractivity contribution in [2.75, 3.05) is 44.8 Å². The van der Waals surface area contributed by atoms with E-state index >= 15 is 0 Å². The Hall–Kier alpha value is -0.720. The lowest BCUT2D eigenvalue weighted by molar-refractivity contribution is 0.197. The average molecular weight is 270 g/mol. The first-order valence-electron chi connectivity index (χ1n) is 6.54. The molecule has 6 heteroatoms. The fraction of sp³-hybridized carbons (Fsp3) is 0.833. The molecule has 1 N–H and O–H groups in total. The van der Waals surface area contributed by atoms with Crippen LogP contribution in [-0.4, -0.2) is 49.3 Å². The molecule has 0 unspecified atom stereocenters. The van der Waals surface area contributed by atoms with E-state index < -0.39 is 0 Å². The Morgan fingerprint density at radius 2 is 2.22 bits per heavy atom. The third-order valence-corrected chi connectivity index (χ3v) is 4.19. The van der Waals surface area contributed by atoms with Crippen LogP contribution in [-0.2, 0) is 4.74 Å². The predicted octanol–water partition coefficient (Wildman–Crippen LogP) is 1.30. The summed E-state index contributed by atoms with van der Waals surface area (Å²) in [7, 11) is 1.74. The SMILES string of the molecule is COCCNCC1CCN(c2nc(C)ns2)CC1. The van der Waals surface area contributed by atoms with Crippen LogP contribution in [0.3, 0.4) is 0 Å². The molecule has 1 fully saturated rings. The fourth-order valence-corrected chi connectivity index (χ4v) is 2.95. The van der Waals surface area contributed by atoms with Gasteiger partial charge in [0.1, 0.15) is 5.82 Å². The second kappa shape index (κ2) is 7.01. The maximum absolute atomic E-state index is 5.02. The van der Waals surface area contributed by atoms with Crippen LogP contribution in [0.1, 0.15) is 18.7 Å². The van der Waals surface area contributed by atoms with Gasteiger partial charge in [0.05, 0.1) is 6.61 Å². The molecule has 0 atom stereocenters. The number of piperidine rings is 1. The van der Waals surface area contributed by atoms with Crippen molar-refractivity contribution in [1.29, 1.82) is 0 Å². The molecule has 2 rings (SSSR count). The van der Waals surface area contributed by atoms with Gasteiger partial charge in [-0.15, -0.1) is 0 Å². The van der Waals surface area contributed by atoms with Gasteiger partial charge >= 0.3 is 0 Å². The summed E-state index contributed by atoms with van der Waals surface area (Å²) >= 11 is 1.51. The van der Waals surface area contributed by atoms with Gasteiger partial charge in [0.25, 0.3) is 0 Å². The van der Waals surface area contributed by atoms with Crippen molar-refractivity contribution >= 4 is 16.7 Å². The molecule has 0 aliphatic carbocycles. The summed E-state index contributed by atoms with van der Waals surface area (Å²) in [5.41, 5.74) is 0. The lowest BCUT2D eigenvalue weighted by Crippen LogP contribution is -2.37. The zero-order valence-electron chi connectivity index (χ0n) is 11.2. The van der Waals surface area contributed by atoms with E-state index in [1.54, 1.807) is 7.11 Å². The summed E-state index contributed by atoms with van der Waals surface area (Å²) in [5, 5.41) is 4.53. The summed E-state index contributed by atoms with van der Waals surface area (Å²) < 4.78 is 9.27. The number of rotatable bonds is 6. The first kappa shape index (κ1) is 13.7. The van der Waals surface area contributed by atoms with E-state index in [0.29, 0.717) is 0 Å². The minimum Gasteiger partial charge on any atom is -0.383 e. The van der Waals surface area contributed by atoms with E-state index in [0.717, 1.165) is 49.7 Å². The minimum absolute atomic E-state index is 0.784. The molecule has 0 saturated carbocycles. The Morgan fingerprint density at radius 3 is 2.83 bits per heavy atom. The molecule has 18 heavy (non-hydrogen) atoms. The highest BCUT2D eigenvalue weighted by atomic mass is 32.1. The van der Waals surface area contributed by atoms with Crippen molar-refractivity contribution < 1.29 is 4.74 Å². The molecule has 2 heterocycles. The summed E-state index contributed by atoms with van der Waals surface area (Å²) in [6.07, 6.45) is 2.47. The number of hydrogen-bond acceptors (Lipinski definition) is 6. The molecule has 0 aromatic carbocycles. The van der Waals surface area contributed by atoms with Crippen molar-refractivity contribution in [1.82, 2.24) is 14.7 Å². The highest BCUT2D eigenvalue weighted by molar-refractivity contribution is 7.09. The second-order valence-corrected chi connectivity index (χ2v) is 5.48. The van der Waals surface area contributed by atoms with Gasteiger partial charge in [-0.1, -0.05) is 0 Å². The van der Waals surface area contributed by atoms with Crippen LogP contribution in [0.2, 0.25) is 0 Å². The molecule has 0 spiro atoms. The molecule has 102 valence electrons. The van der Waals surface area contributed by atoms with Gasteiger partial charge in [-0.3, -0.25) is 0 Å². The van der Waals surface area contributed by atoms with Crippen molar-refractivity contribution in [2.24, 2.45) is 5.92 Å². The van der Waals surface area contributed by atoms with Crippen molar-refractivity contribution in [2.45, 2.75) is 19.8 Å². The van der Waals surface area contributed by atoms with Crippen LogP contribution in [0.25, 0.3) is 0 Å². The highest BCUT2D eigenvalue weighted by Gasteiger charge is 2.20. The number of nitrogens with one attached hydrogen (secondary N) is 1. The third kappa shape index (κ3) is 3.90. The lowest BCUT2D eigenvalue weighted by atomic mass is 9.97. The van der Waals surface area contributed by atoms with Crippen LogP contribution in [0.4, 0.5) is 5.13 Å². The molecule has 5 nitrogen and oxygen atoms in total. The minimum atomic E-state index is 0.784. The number of methoxy groups -OCH3 is 1. The maximum Gasteiger partial charge on any atom is 0.205 e. The number of ether oxygens (including phenoxy) is 1. The third-order valence-electron chi connectivity index (χ3n) is 3.32. The molecule has 1 aliphatic heterocycles. The van der Waals surface area contributed by atoms with Crippen LogP contribution in [0.15, 0.2) is 0 Å². The Labute approximate surface area is 113 Å². The largest absolute Gasteiger partial charge is 0.383 e. The smallest absolute Gasteiger partial charge is 0.205 e. The van der Waals surface area contributed by atoms with Crippen molar-refractivity contribution in [3.63, 3.8) is 0 Å². The molecule has 1 saturated heterocycles. The molecule has 0 amide bonds. The van der Waals surface area contributed by atoms with Gasteiger partial charge in [0, 0.05) is 38.3 Å². The second-order valence-electron chi connectivity index (χ2n) is 4.75. The van der Waals surface area contributed by atoms with E-state index in [-0.39, 0.29) is 0 Å². The zero-order chi connectivity index (χ0) is 12.8. The van der Waals surface area contributed by atoms with Crippen LogP contribution in [0.5, 0.6) is 0 Å². The summed E-state index contributed by atoms with van der Waals surface area (Å²) in [6.45, 7) is 7.00. The Morgan fingerprint density at radius 1 is 1.44 bits per heavy atom. The Kier molecular flexibility index (Phi) is 5.34. The number of aromatic nitrogens is 2. The average Bonchev–Trinajstić information content (AvgIpc) is 2.82. The topological polar surface area (TPSA) is 50.3 Å². The van der Waals surface area contributed by atoms with Gasteiger partial charge in [0.15, 0.2) is 0 Å². The van der Waals surface area contributed by atoms with E-state index in [1.807, 2.05) is 6.92 Å². The van der Waals surface area contributed by atoms with Gasteiger partial charge < -0.3 is 15.0 Å². The van der Waals surface area contributed by atoms with Gasteiger partial charge in [-0.2, -0.15) is 4.37 Å². The molecule has 1 aliphatic rings. The van der Waals surface area contributed by atoms with Crippen LogP contribution < -0.4 is 10.2 Å². The quantitative estimate of drug-likeness (QED) is 0.790. The molecule has 0 radical (unpaired) electrons.